The molecule has 1 aliphatic heterocycles. The molecule has 0 unspecified atom stereocenters. The van der Waals surface area contributed by atoms with Gasteiger partial charge in [-0.15, -0.1) is 0 Å². The van der Waals surface area contributed by atoms with Crippen LogP contribution in [0.3, 0.4) is 0 Å². The molecular weight excluding hydrogens is 245 g/mol. The van der Waals surface area contributed by atoms with E-state index in [0.717, 1.165) is 0 Å². The van der Waals surface area contributed by atoms with E-state index < -0.39 is 19.4 Å². The van der Waals surface area contributed by atoms with Crippen LogP contribution in [-0.2, 0) is 0 Å². The summed E-state index contributed by atoms with van der Waals surface area (Å²) in [5.74, 6) is 0. The van der Waals surface area contributed by atoms with Crippen molar-refractivity contribution < 1.29 is 0 Å². The zero-order valence-corrected chi connectivity index (χ0v) is 8.28. The van der Waals surface area contributed by atoms with Crippen molar-refractivity contribution in [3.63, 3.8) is 0 Å². The van der Waals surface area contributed by atoms with Crippen LogP contribution in [0.2, 0.25) is 4.18 Å². The van der Waals surface area contributed by atoms with Crippen molar-refractivity contribution >= 4 is 37.9 Å². The number of hydrogen-bond acceptors (Lipinski definition) is 1. The fourth-order valence-electron chi connectivity index (χ4n) is 0.476. The van der Waals surface area contributed by atoms with Gasteiger partial charge in [0.05, 0.1) is 0 Å². The Morgan fingerprint density at radius 3 is 2.83 bits per heavy atom. The van der Waals surface area contributed by atoms with E-state index in [9.17, 15) is 0 Å². The van der Waals surface area contributed by atoms with E-state index in [1.54, 1.807) is 0 Å². The third-order valence-corrected chi connectivity index (χ3v) is 9.29. The van der Waals surface area contributed by atoms with Crippen molar-refractivity contribution in [2.75, 3.05) is 0 Å². The van der Waals surface area contributed by atoms with Crippen LogP contribution >= 0.6 is 12.3 Å². The molecule has 0 radical (unpaired) electrons. The SMILES string of the molecule is [Br][In]1[CH2]CC=[N]1. The van der Waals surface area contributed by atoms with Crippen LogP contribution in [0, 0.1) is 0 Å². The molecule has 6 heavy (non-hydrogen) atoms. The molecule has 0 aromatic carbocycles. The van der Waals surface area contributed by atoms with Gasteiger partial charge in [0.2, 0.25) is 0 Å². The van der Waals surface area contributed by atoms with Crippen LogP contribution in [0.25, 0.3) is 0 Å². The third-order valence-electron chi connectivity index (χ3n) is 0.801. The Balaban J connectivity index is 2.38. The average Bonchev–Trinajstić information content (AvgIpc) is 1.86. The Morgan fingerprint density at radius 1 is 1.83 bits per heavy atom. The van der Waals surface area contributed by atoms with Crippen LogP contribution < -0.4 is 0 Å². The van der Waals surface area contributed by atoms with Crippen molar-refractivity contribution in [3.8, 4) is 0 Å². The zero-order valence-electron chi connectivity index (χ0n) is 3.39. The summed E-state index contributed by atoms with van der Waals surface area (Å²) >= 11 is 2.32. The predicted molar refractivity (Wildman–Crippen MR) is 32.6 cm³/mol. The van der Waals surface area contributed by atoms with E-state index in [0.29, 0.717) is 0 Å². The summed E-state index contributed by atoms with van der Waals surface area (Å²) in [6, 6.07) is 0. The number of halogens is 1. The maximum absolute atomic E-state index is 4.24. The van der Waals surface area contributed by atoms with Gasteiger partial charge in [-0.25, -0.2) is 0 Å². The molecule has 1 nitrogen and oxygen atoms in total. The molecule has 0 atom stereocenters. The quantitative estimate of drug-likeness (QED) is 0.615. The first-order valence-electron chi connectivity index (χ1n) is 2.05. The first-order valence-corrected chi connectivity index (χ1v) is 13.2. The molecule has 32 valence electrons. The summed E-state index contributed by atoms with van der Waals surface area (Å²) in [4.78, 5) is 0. The monoisotopic (exact) mass is 249 g/mol. The Hall–Kier alpha value is 1.02. The topological polar surface area (TPSA) is 12.4 Å². The van der Waals surface area contributed by atoms with Crippen molar-refractivity contribution in [2.45, 2.75) is 10.6 Å². The van der Waals surface area contributed by atoms with Crippen molar-refractivity contribution in [1.29, 1.82) is 0 Å². The number of nitrogens with zero attached hydrogens (tertiary/aromatic N) is 1. The van der Waals surface area contributed by atoms with Gasteiger partial charge in [-0.05, 0) is 0 Å². The molecule has 1 rings (SSSR count). The van der Waals surface area contributed by atoms with Crippen LogP contribution in [0.15, 0.2) is 2.98 Å². The minimum atomic E-state index is -1.23. The fraction of sp³-hybridized carbons (Fsp3) is 0.667. The molecule has 1 heterocycles. The molecule has 0 saturated heterocycles. The molecule has 0 fully saturated rings. The van der Waals surface area contributed by atoms with Gasteiger partial charge in [0.25, 0.3) is 0 Å². The van der Waals surface area contributed by atoms with E-state index >= 15 is 0 Å². The summed E-state index contributed by atoms with van der Waals surface area (Å²) in [6.45, 7) is 0. The first kappa shape index (κ1) is 5.16. The zero-order chi connectivity index (χ0) is 4.41. The molecule has 0 aromatic rings. The van der Waals surface area contributed by atoms with Gasteiger partial charge in [0, 0.05) is 0 Å². The Labute approximate surface area is 51.3 Å². The molecule has 1 aliphatic rings. The van der Waals surface area contributed by atoms with E-state index in [4.69, 9.17) is 0 Å². The summed E-state index contributed by atoms with van der Waals surface area (Å²) in [5, 5.41) is 0. The fourth-order valence-corrected chi connectivity index (χ4v) is 6.08. The van der Waals surface area contributed by atoms with E-state index in [1.165, 1.54) is 10.6 Å². The van der Waals surface area contributed by atoms with Crippen molar-refractivity contribution in [1.82, 2.24) is 0 Å². The van der Waals surface area contributed by atoms with Crippen LogP contribution in [0.5, 0.6) is 0 Å². The average molecular weight is 250 g/mol. The van der Waals surface area contributed by atoms with Crippen LogP contribution in [0.4, 0.5) is 0 Å². The molecular formula is C3H5BrInN. The van der Waals surface area contributed by atoms with Crippen LogP contribution in [-0.4, -0.2) is 25.6 Å². The molecule has 0 N–H and O–H groups in total. The summed E-state index contributed by atoms with van der Waals surface area (Å²) in [6.07, 6.45) is 3.29. The van der Waals surface area contributed by atoms with Gasteiger partial charge in [0.15, 0.2) is 0 Å². The van der Waals surface area contributed by atoms with Gasteiger partial charge >= 0.3 is 51.5 Å². The van der Waals surface area contributed by atoms with E-state index in [-0.39, 0.29) is 0 Å². The predicted octanol–water partition coefficient (Wildman–Crippen LogP) is 1.34. The van der Waals surface area contributed by atoms with Gasteiger partial charge in [-0.1, -0.05) is 0 Å². The Bertz CT molecular complexity index is 73.2. The first-order chi connectivity index (χ1) is 2.89. The van der Waals surface area contributed by atoms with Crippen molar-refractivity contribution in [3.05, 3.63) is 0 Å². The van der Waals surface area contributed by atoms with Gasteiger partial charge in [-0.3, -0.25) is 0 Å². The van der Waals surface area contributed by atoms with Crippen molar-refractivity contribution in [2.24, 2.45) is 2.98 Å². The second kappa shape index (κ2) is 2.36. The second-order valence-electron chi connectivity index (χ2n) is 1.34. The summed E-state index contributed by atoms with van der Waals surface area (Å²) in [5.41, 5.74) is 0. The van der Waals surface area contributed by atoms with Gasteiger partial charge in [0.1, 0.15) is 0 Å². The standard InChI is InChI=1S/C3H5N.BrH.In/c1-2-3-4;;/h3H,1-2H2;1H;/q-1;;+2/p-1. The van der Waals surface area contributed by atoms with E-state index in [1.807, 2.05) is 0 Å². The van der Waals surface area contributed by atoms with Gasteiger partial charge < -0.3 is 0 Å². The minimum absolute atomic E-state index is 1.23. The van der Waals surface area contributed by atoms with Gasteiger partial charge in [-0.2, -0.15) is 0 Å². The molecule has 3 heteroatoms. The normalized spacial score (nSPS) is 19.8. The Kier molecular flexibility index (Phi) is 2.03. The number of rotatable bonds is 0. The molecule has 0 saturated carbocycles. The summed E-state index contributed by atoms with van der Waals surface area (Å²) < 4.78 is 5.63. The van der Waals surface area contributed by atoms with E-state index in [2.05, 4.69) is 21.5 Å². The van der Waals surface area contributed by atoms with Crippen LogP contribution in [0.1, 0.15) is 6.42 Å². The molecule has 0 aromatic heterocycles. The summed E-state index contributed by atoms with van der Waals surface area (Å²) in [7, 11) is 0. The molecule has 0 bridgehead atoms. The molecule has 0 amide bonds. The third kappa shape index (κ3) is 1.26. The maximum atomic E-state index is 4.24. The molecule has 0 aliphatic carbocycles. The second-order valence-corrected chi connectivity index (χ2v) is 13.4. The Morgan fingerprint density at radius 2 is 2.67 bits per heavy atom. The number of hydrogen-bond donors (Lipinski definition) is 0. The molecule has 0 spiro atoms.